The normalized spacial score (nSPS) is 19.2. The van der Waals surface area contributed by atoms with Crippen LogP contribution >= 0.6 is 11.6 Å². The fourth-order valence-corrected chi connectivity index (χ4v) is 4.10. The molecular formula is C22H19ClN6O3. The Balaban J connectivity index is 1.53. The number of nitrogens with one attached hydrogen (secondary N) is 3. The van der Waals surface area contributed by atoms with Crippen LogP contribution in [0.5, 0.6) is 0 Å². The van der Waals surface area contributed by atoms with E-state index in [1.165, 1.54) is 23.0 Å². The smallest absolute Gasteiger partial charge is 0.277 e. The molecule has 1 aliphatic heterocycles. The summed E-state index contributed by atoms with van der Waals surface area (Å²) in [5.74, 6) is 0.147. The van der Waals surface area contributed by atoms with E-state index in [0.29, 0.717) is 11.6 Å². The van der Waals surface area contributed by atoms with Gasteiger partial charge in [0.05, 0.1) is 5.02 Å². The number of fused-ring (bicyclic) bond motifs is 1. The number of carbonyl (C=O) groups excluding carboxylic acids is 2. The van der Waals surface area contributed by atoms with Gasteiger partial charge in [0.15, 0.2) is 0 Å². The number of carbonyl (C=O) groups is 2. The highest BCUT2D eigenvalue weighted by atomic mass is 35.5. The number of hydrogen-bond acceptors (Lipinski definition) is 6. The third-order valence-corrected chi connectivity index (χ3v) is 5.93. The highest BCUT2D eigenvalue weighted by molar-refractivity contribution is 6.34. The molecule has 3 N–H and O–H groups in total. The Morgan fingerprint density at radius 1 is 1.16 bits per heavy atom. The molecule has 2 amide bonds. The van der Waals surface area contributed by atoms with E-state index in [1.54, 1.807) is 6.92 Å². The molecule has 3 heterocycles. The van der Waals surface area contributed by atoms with Gasteiger partial charge in [-0.25, -0.2) is 9.97 Å². The van der Waals surface area contributed by atoms with Gasteiger partial charge in [-0.3, -0.25) is 19.0 Å². The fraction of sp³-hybridized carbons (Fsp3) is 0.227. The molecule has 1 saturated carbocycles. The number of amides is 2. The molecule has 1 aliphatic carbocycles. The lowest BCUT2D eigenvalue weighted by Gasteiger charge is -2.28. The predicted octanol–water partition coefficient (Wildman–Crippen LogP) is 2.85. The molecule has 5 rings (SSSR count). The van der Waals surface area contributed by atoms with Crippen molar-refractivity contribution in [3.63, 3.8) is 0 Å². The van der Waals surface area contributed by atoms with Crippen LogP contribution in [0.2, 0.25) is 5.02 Å². The van der Waals surface area contributed by atoms with Gasteiger partial charge in [0, 0.05) is 12.0 Å². The van der Waals surface area contributed by atoms with Gasteiger partial charge in [-0.05, 0) is 31.4 Å². The van der Waals surface area contributed by atoms with Crippen LogP contribution in [0.1, 0.15) is 35.8 Å². The summed E-state index contributed by atoms with van der Waals surface area (Å²) in [4.78, 5) is 46.3. The van der Waals surface area contributed by atoms with Crippen molar-refractivity contribution < 1.29 is 9.59 Å². The van der Waals surface area contributed by atoms with Crippen LogP contribution in [-0.4, -0.2) is 26.3 Å². The first-order valence-electron chi connectivity index (χ1n) is 10.1. The molecule has 1 atom stereocenters. The van der Waals surface area contributed by atoms with Crippen LogP contribution in [0, 0.1) is 5.92 Å². The van der Waals surface area contributed by atoms with Crippen molar-refractivity contribution in [2.24, 2.45) is 5.92 Å². The van der Waals surface area contributed by atoms with Gasteiger partial charge in [-0.2, -0.15) is 0 Å². The summed E-state index contributed by atoms with van der Waals surface area (Å²) in [6, 6.07) is 12.1. The second-order valence-corrected chi connectivity index (χ2v) is 8.37. The quantitative estimate of drug-likeness (QED) is 0.550. The molecule has 0 bridgehead atoms. The SMILES string of the molecule is CC1(c2ccccc2)NC(=O)c2c(Cl)cc(Nc3cc(NC(=O)C4CC4)ncn3)c(=O)n21. The van der Waals surface area contributed by atoms with Crippen LogP contribution in [-0.2, 0) is 10.5 Å². The number of hydrogen-bond donors (Lipinski definition) is 3. The van der Waals surface area contributed by atoms with E-state index in [0.717, 1.165) is 18.4 Å². The maximum Gasteiger partial charge on any atom is 0.277 e. The van der Waals surface area contributed by atoms with Crippen molar-refractivity contribution in [2.45, 2.75) is 25.4 Å². The third kappa shape index (κ3) is 3.40. The van der Waals surface area contributed by atoms with E-state index in [1.807, 2.05) is 30.3 Å². The van der Waals surface area contributed by atoms with E-state index in [2.05, 4.69) is 25.9 Å². The Morgan fingerprint density at radius 2 is 1.88 bits per heavy atom. The van der Waals surface area contributed by atoms with Crippen molar-refractivity contribution in [1.82, 2.24) is 19.9 Å². The standard InChI is InChI=1S/C22H19ClN6O3/c1-22(13-5-3-2-4-6-13)28-20(31)18-14(23)9-15(21(32)29(18)22)26-16-10-17(25-11-24-16)27-19(30)12-7-8-12/h2-6,9-12H,7-8H2,1H3,(H,28,31)(H2,24,25,26,27,30). The van der Waals surface area contributed by atoms with Crippen LogP contribution in [0.4, 0.5) is 17.3 Å². The van der Waals surface area contributed by atoms with Crippen LogP contribution in [0.3, 0.4) is 0 Å². The van der Waals surface area contributed by atoms with Crippen molar-refractivity contribution in [3.8, 4) is 0 Å². The summed E-state index contributed by atoms with van der Waals surface area (Å²) in [7, 11) is 0. The molecular weight excluding hydrogens is 432 g/mol. The van der Waals surface area contributed by atoms with Gasteiger partial charge >= 0.3 is 0 Å². The molecule has 2 aromatic heterocycles. The maximum atomic E-state index is 13.4. The number of halogens is 1. The topological polar surface area (TPSA) is 118 Å². The Kier molecular flexibility index (Phi) is 4.70. The summed E-state index contributed by atoms with van der Waals surface area (Å²) in [5, 5.41) is 8.69. The zero-order chi connectivity index (χ0) is 22.5. The van der Waals surface area contributed by atoms with Crippen molar-refractivity contribution in [3.05, 3.63) is 75.4 Å². The molecule has 2 aliphatic rings. The molecule has 162 valence electrons. The van der Waals surface area contributed by atoms with E-state index < -0.39 is 17.1 Å². The molecule has 3 aromatic rings. The summed E-state index contributed by atoms with van der Waals surface area (Å²) in [6.07, 6.45) is 3.04. The summed E-state index contributed by atoms with van der Waals surface area (Å²) >= 11 is 6.41. The molecule has 32 heavy (non-hydrogen) atoms. The number of benzene rings is 1. The van der Waals surface area contributed by atoms with E-state index in [4.69, 9.17) is 11.6 Å². The second kappa shape index (κ2) is 7.45. The molecule has 1 aromatic carbocycles. The average Bonchev–Trinajstić information content (AvgIpc) is 3.58. The lowest BCUT2D eigenvalue weighted by atomic mass is 10.0. The van der Waals surface area contributed by atoms with Gasteiger partial charge < -0.3 is 16.0 Å². The lowest BCUT2D eigenvalue weighted by molar-refractivity contribution is -0.117. The summed E-state index contributed by atoms with van der Waals surface area (Å²) in [6.45, 7) is 1.74. The van der Waals surface area contributed by atoms with Crippen LogP contribution in [0.15, 0.2) is 53.6 Å². The molecule has 1 unspecified atom stereocenters. The Hall–Kier alpha value is -3.72. The number of rotatable bonds is 5. The van der Waals surface area contributed by atoms with Crippen LogP contribution in [0.25, 0.3) is 0 Å². The van der Waals surface area contributed by atoms with Gasteiger partial charge in [0.25, 0.3) is 11.5 Å². The maximum absolute atomic E-state index is 13.4. The first-order chi connectivity index (χ1) is 15.4. The Labute approximate surface area is 187 Å². The van der Waals surface area contributed by atoms with Crippen molar-refractivity contribution >= 4 is 40.7 Å². The summed E-state index contributed by atoms with van der Waals surface area (Å²) in [5.41, 5.74) is -0.601. The fourth-order valence-electron chi connectivity index (χ4n) is 3.82. The van der Waals surface area contributed by atoms with Crippen LogP contribution < -0.4 is 21.5 Å². The molecule has 9 nitrogen and oxygen atoms in total. The molecule has 1 fully saturated rings. The lowest BCUT2D eigenvalue weighted by Crippen LogP contribution is -2.45. The second-order valence-electron chi connectivity index (χ2n) is 7.96. The van der Waals surface area contributed by atoms with Gasteiger partial charge in [0.2, 0.25) is 5.91 Å². The van der Waals surface area contributed by atoms with Crippen molar-refractivity contribution in [1.29, 1.82) is 0 Å². The van der Waals surface area contributed by atoms with Crippen molar-refractivity contribution in [2.75, 3.05) is 10.6 Å². The monoisotopic (exact) mass is 450 g/mol. The van der Waals surface area contributed by atoms with E-state index in [9.17, 15) is 14.4 Å². The summed E-state index contributed by atoms with van der Waals surface area (Å²) < 4.78 is 1.35. The number of nitrogens with zero attached hydrogens (tertiary/aromatic N) is 3. The number of anilines is 3. The molecule has 0 spiro atoms. The molecule has 10 heteroatoms. The average molecular weight is 451 g/mol. The molecule has 0 radical (unpaired) electrons. The third-order valence-electron chi connectivity index (χ3n) is 5.64. The number of pyridine rings is 1. The Bertz CT molecular complexity index is 1300. The van der Waals surface area contributed by atoms with Gasteiger partial charge in [-0.1, -0.05) is 41.9 Å². The van der Waals surface area contributed by atoms with Gasteiger partial charge in [-0.15, -0.1) is 0 Å². The van der Waals surface area contributed by atoms with E-state index >= 15 is 0 Å². The first kappa shape index (κ1) is 20.2. The minimum Gasteiger partial charge on any atom is -0.336 e. The van der Waals surface area contributed by atoms with Gasteiger partial charge in [0.1, 0.15) is 35.0 Å². The highest BCUT2D eigenvalue weighted by Crippen LogP contribution is 2.33. The highest BCUT2D eigenvalue weighted by Gasteiger charge is 2.43. The zero-order valence-corrected chi connectivity index (χ0v) is 17.8. The minimum absolute atomic E-state index is 0.0298. The zero-order valence-electron chi connectivity index (χ0n) is 17.1. The minimum atomic E-state index is -1.11. The predicted molar refractivity (Wildman–Crippen MR) is 119 cm³/mol. The molecule has 0 saturated heterocycles. The largest absolute Gasteiger partial charge is 0.336 e. The Morgan fingerprint density at radius 3 is 2.59 bits per heavy atom. The first-order valence-corrected chi connectivity index (χ1v) is 10.5. The van der Waals surface area contributed by atoms with E-state index in [-0.39, 0.29) is 28.2 Å². The number of aromatic nitrogens is 3.